The van der Waals surface area contributed by atoms with E-state index in [4.69, 9.17) is 16.3 Å². The SMILES string of the molecule is Cc1cc(OC[C@@]2(CC(=O)N3CCC(O)CC3)CCCN(C(=O)C(C)C)C2)cc(C)c1Cl. The number of benzene rings is 1. The molecule has 1 aromatic carbocycles. The second-order valence-electron chi connectivity index (χ2n) is 9.97. The first-order chi connectivity index (χ1) is 15.1. The number of aryl methyl sites for hydroxylation is 2. The van der Waals surface area contributed by atoms with Crippen molar-refractivity contribution in [3.63, 3.8) is 0 Å². The Balaban J connectivity index is 1.78. The largest absolute Gasteiger partial charge is 0.493 e. The Hall–Kier alpha value is -1.79. The van der Waals surface area contributed by atoms with Gasteiger partial charge in [-0.15, -0.1) is 0 Å². The van der Waals surface area contributed by atoms with E-state index in [0.717, 1.165) is 41.3 Å². The average molecular weight is 465 g/mol. The van der Waals surface area contributed by atoms with Crippen LogP contribution < -0.4 is 4.74 Å². The molecule has 2 fully saturated rings. The molecule has 0 saturated carbocycles. The fourth-order valence-electron chi connectivity index (χ4n) is 4.85. The first-order valence-electron chi connectivity index (χ1n) is 11.7. The first kappa shape index (κ1) is 24.8. The highest BCUT2D eigenvalue weighted by Crippen LogP contribution is 2.37. The van der Waals surface area contributed by atoms with E-state index in [1.807, 2.05) is 49.6 Å². The molecule has 0 spiro atoms. The minimum Gasteiger partial charge on any atom is -0.493 e. The van der Waals surface area contributed by atoms with E-state index in [1.165, 1.54) is 0 Å². The summed E-state index contributed by atoms with van der Waals surface area (Å²) in [5.74, 6) is 0.876. The summed E-state index contributed by atoms with van der Waals surface area (Å²) in [5.41, 5.74) is 1.48. The molecule has 0 bridgehead atoms. The van der Waals surface area contributed by atoms with E-state index in [0.29, 0.717) is 45.5 Å². The van der Waals surface area contributed by atoms with Crippen LogP contribution in [0, 0.1) is 25.2 Å². The molecular weight excluding hydrogens is 428 g/mol. The predicted octanol–water partition coefficient (Wildman–Crippen LogP) is 3.97. The maximum absolute atomic E-state index is 13.2. The van der Waals surface area contributed by atoms with Gasteiger partial charge in [0.25, 0.3) is 0 Å². The fraction of sp³-hybridized carbons (Fsp3) is 0.680. The van der Waals surface area contributed by atoms with Crippen molar-refractivity contribution in [1.82, 2.24) is 9.80 Å². The number of ether oxygens (including phenoxy) is 1. The van der Waals surface area contributed by atoms with Crippen molar-refractivity contribution in [2.75, 3.05) is 32.8 Å². The van der Waals surface area contributed by atoms with Crippen LogP contribution >= 0.6 is 11.6 Å². The topological polar surface area (TPSA) is 70.1 Å². The number of aliphatic hydroxyl groups excluding tert-OH is 1. The summed E-state index contributed by atoms with van der Waals surface area (Å²) >= 11 is 6.31. The lowest BCUT2D eigenvalue weighted by Gasteiger charge is -2.44. The van der Waals surface area contributed by atoms with E-state index in [9.17, 15) is 14.7 Å². The van der Waals surface area contributed by atoms with Crippen LogP contribution in [0.25, 0.3) is 0 Å². The zero-order chi connectivity index (χ0) is 23.5. The molecular formula is C25H37ClN2O4. The summed E-state index contributed by atoms with van der Waals surface area (Å²) in [7, 11) is 0. The Morgan fingerprint density at radius 2 is 1.78 bits per heavy atom. The third-order valence-corrected chi connectivity index (χ3v) is 7.36. The molecule has 178 valence electrons. The molecule has 2 saturated heterocycles. The number of rotatable bonds is 6. The molecule has 0 unspecified atom stereocenters. The number of carbonyl (C=O) groups is 2. The highest BCUT2D eigenvalue weighted by Gasteiger charge is 2.41. The number of halogens is 1. The van der Waals surface area contributed by atoms with Crippen molar-refractivity contribution < 1.29 is 19.4 Å². The van der Waals surface area contributed by atoms with Crippen molar-refractivity contribution in [2.45, 2.75) is 65.9 Å². The molecule has 0 radical (unpaired) electrons. The van der Waals surface area contributed by atoms with E-state index in [-0.39, 0.29) is 23.8 Å². The van der Waals surface area contributed by atoms with Gasteiger partial charge in [-0.2, -0.15) is 0 Å². The van der Waals surface area contributed by atoms with Gasteiger partial charge in [-0.05, 0) is 62.8 Å². The quantitative estimate of drug-likeness (QED) is 0.691. The van der Waals surface area contributed by atoms with Crippen molar-refractivity contribution >= 4 is 23.4 Å². The number of hydrogen-bond acceptors (Lipinski definition) is 4. The standard InChI is InChI=1S/C25H37ClN2O4/c1-17(2)24(31)28-9-5-8-25(15-28,14-22(30)27-10-6-20(29)7-11-27)16-32-21-12-18(3)23(26)19(4)13-21/h12-13,17,20,29H,5-11,14-16H2,1-4H3/t25-/m1/s1. The molecule has 1 atom stereocenters. The maximum Gasteiger partial charge on any atom is 0.225 e. The number of carbonyl (C=O) groups excluding carboxylic acids is 2. The molecule has 6 nitrogen and oxygen atoms in total. The van der Waals surface area contributed by atoms with E-state index in [2.05, 4.69) is 0 Å². The Morgan fingerprint density at radius 1 is 1.16 bits per heavy atom. The van der Waals surface area contributed by atoms with Crippen LogP contribution in [0.15, 0.2) is 12.1 Å². The first-order valence-corrected chi connectivity index (χ1v) is 12.1. The van der Waals surface area contributed by atoms with Gasteiger partial charge in [-0.3, -0.25) is 9.59 Å². The lowest BCUT2D eigenvalue weighted by molar-refractivity contribution is -0.144. The zero-order valence-corrected chi connectivity index (χ0v) is 20.6. The molecule has 2 amide bonds. The molecule has 0 aliphatic carbocycles. The van der Waals surface area contributed by atoms with Gasteiger partial charge in [-0.25, -0.2) is 0 Å². The monoisotopic (exact) mass is 464 g/mol. The van der Waals surface area contributed by atoms with Gasteiger partial charge in [0.1, 0.15) is 5.75 Å². The second-order valence-corrected chi connectivity index (χ2v) is 10.3. The predicted molar refractivity (Wildman–Crippen MR) is 126 cm³/mol. The van der Waals surface area contributed by atoms with Gasteiger partial charge < -0.3 is 19.6 Å². The van der Waals surface area contributed by atoms with Crippen LogP contribution in [0.3, 0.4) is 0 Å². The van der Waals surface area contributed by atoms with Gasteiger partial charge >= 0.3 is 0 Å². The fourth-order valence-corrected chi connectivity index (χ4v) is 4.96. The van der Waals surface area contributed by atoms with Gasteiger partial charge in [0, 0.05) is 49.0 Å². The minimum absolute atomic E-state index is 0.0763. The Morgan fingerprint density at radius 3 is 2.38 bits per heavy atom. The average Bonchev–Trinajstić information content (AvgIpc) is 2.76. The highest BCUT2D eigenvalue weighted by atomic mass is 35.5. The van der Waals surface area contributed by atoms with E-state index in [1.54, 1.807) is 0 Å². The number of amides is 2. The van der Waals surface area contributed by atoms with Crippen LogP contribution in [0.1, 0.15) is 57.1 Å². The molecule has 1 aromatic rings. The Kier molecular flexibility index (Phi) is 8.10. The van der Waals surface area contributed by atoms with Gasteiger partial charge in [0.05, 0.1) is 12.7 Å². The molecule has 7 heteroatoms. The van der Waals surface area contributed by atoms with Crippen LogP contribution in [0.4, 0.5) is 0 Å². The summed E-state index contributed by atoms with van der Waals surface area (Å²) in [6.07, 6.45) is 2.96. The lowest BCUT2D eigenvalue weighted by atomic mass is 9.77. The minimum atomic E-state index is -0.433. The smallest absolute Gasteiger partial charge is 0.225 e. The molecule has 2 heterocycles. The molecule has 1 N–H and O–H groups in total. The van der Waals surface area contributed by atoms with Crippen molar-refractivity contribution in [1.29, 1.82) is 0 Å². The summed E-state index contributed by atoms with van der Waals surface area (Å²) in [4.78, 5) is 29.7. The van der Waals surface area contributed by atoms with Crippen molar-refractivity contribution in [3.8, 4) is 5.75 Å². The van der Waals surface area contributed by atoms with Gasteiger partial charge in [-0.1, -0.05) is 25.4 Å². The maximum atomic E-state index is 13.2. The zero-order valence-electron chi connectivity index (χ0n) is 19.8. The van der Waals surface area contributed by atoms with Crippen LogP contribution in [0.2, 0.25) is 5.02 Å². The number of nitrogens with zero attached hydrogens (tertiary/aromatic N) is 2. The van der Waals surface area contributed by atoms with E-state index >= 15 is 0 Å². The number of hydrogen-bond donors (Lipinski definition) is 1. The number of likely N-dealkylation sites (tertiary alicyclic amines) is 2. The number of piperidine rings is 2. The van der Waals surface area contributed by atoms with E-state index < -0.39 is 5.41 Å². The van der Waals surface area contributed by atoms with Crippen LogP contribution in [0.5, 0.6) is 5.75 Å². The summed E-state index contributed by atoms with van der Waals surface area (Å²) in [6.45, 7) is 10.5. The van der Waals surface area contributed by atoms with Crippen LogP contribution in [-0.2, 0) is 9.59 Å². The van der Waals surface area contributed by atoms with Gasteiger partial charge in [0.15, 0.2) is 0 Å². The Bertz CT molecular complexity index is 812. The lowest BCUT2D eigenvalue weighted by Crippen LogP contribution is -2.52. The normalized spacial score (nSPS) is 22.3. The molecule has 2 aliphatic heterocycles. The highest BCUT2D eigenvalue weighted by molar-refractivity contribution is 6.32. The Labute approximate surface area is 196 Å². The van der Waals surface area contributed by atoms with Crippen LogP contribution in [-0.4, -0.2) is 65.6 Å². The summed E-state index contributed by atoms with van der Waals surface area (Å²) in [5, 5.41) is 10.5. The van der Waals surface area contributed by atoms with Crippen molar-refractivity contribution in [3.05, 3.63) is 28.3 Å². The molecule has 0 aromatic heterocycles. The molecule has 3 rings (SSSR count). The third kappa shape index (κ3) is 5.96. The molecule has 32 heavy (non-hydrogen) atoms. The third-order valence-electron chi connectivity index (χ3n) is 6.77. The summed E-state index contributed by atoms with van der Waals surface area (Å²) < 4.78 is 6.25. The number of aliphatic hydroxyl groups is 1. The summed E-state index contributed by atoms with van der Waals surface area (Å²) in [6, 6.07) is 3.85. The van der Waals surface area contributed by atoms with Crippen molar-refractivity contribution in [2.24, 2.45) is 11.3 Å². The molecule has 2 aliphatic rings. The van der Waals surface area contributed by atoms with Gasteiger partial charge in [0.2, 0.25) is 11.8 Å². The second kappa shape index (κ2) is 10.4.